The van der Waals surface area contributed by atoms with E-state index in [0.29, 0.717) is 0 Å². The summed E-state index contributed by atoms with van der Waals surface area (Å²) in [5.74, 6) is 0.263. The van der Waals surface area contributed by atoms with Crippen molar-refractivity contribution in [2.45, 2.75) is 50.5 Å². The highest BCUT2D eigenvalue weighted by Crippen LogP contribution is 2.39. The fourth-order valence-electron chi connectivity index (χ4n) is 2.65. The third-order valence-corrected chi connectivity index (χ3v) is 3.82. The van der Waals surface area contributed by atoms with Crippen molar-refractivity contribution < 1.29 is 5.11 Å². The molecule has 1 saturated carbocycles. The molecule has 1 fully saturated rings. The van der Waals surface area contributed by atoms with E-state index < -0.39 is 5.60 Å². The van der Waals surface area contributed by atoms with Gasteiger partial charge in [0.25, 0.3) is 0 Å². The predicted molar refractivity (Wildman–Crippen MR) is 62.9 cm³/mol. The summed E-state index contributed by atoms with van der Waals surface area (Å²) in [6.07, 6.45) is 5.55. The van der Waals surface area contributed by atoms with Gasteiger partial charge in [0.05, 0.1) is 5.60 Å². The molecule has 0 amide bonds. The topological polar surface area (TPSA) is 20.2 Å². The lowest BCUT2D eigenvalue weighted by Crippen LogP contribution is -2.36. The Labute approximate surface area is 92.1 Å². The van der Waals surface area contributed by atoms with Gasteiger partial charge >= 0.3 is 0 Å². The van der Waals surface area contributed by atoms with E-state index in [-0.39, 0.29) is 5.92 Å². The third kappa shape index (κ3) is 2.23. The average molecular weight is 204 g/mol. The molecule has 1 aromatic carbocycles. The first-order chi connectivity index (χ1) is 7.22. The largest absolute Gasteiger partial charge is 0.389 e. The Hall–Kier alpha value is -0.820. The standard InChI is InChI=1S/C14H20O/c1-12(13-8-4-2-5-9-13)14(15)10-6-3-7-11-14/h2,4-5,8-9,12,15H,3,6-7,10-11H2,1H3/t12-/m0/s1. The van der Waals surface area contributed by atoms with Crippen LogP contribution in [0.4, 0.5) is 0 Å². The number of hydrogen-bond acceptors (Lipinski definition) is 1. The van der Waals surface area contributed by atoms with Crippen molar-refractivity contribution in [1.82, 2.24) is 0 Å². The summed E-state index contributed by atoms with van der Waals surface area (Å²) in [5.41, 5.74) is 0.807. The van der Waals surface area contributed by atoms with Gasteiger partial charge in [-0.1, -0.05) is 56.5 Å². The zero-order valence-corrected chi connectivity index (χ0v) is 9.45. The molecular formula is C14H20O. The van der Waals surface area contributed by atoms with Crippen LogP contribution in [0.3, 0.4) is 0 Å². The minimum absolute atomic E-state index is 0.263. The third-order valence-electron chi connectivity index (χ3n) is 3.82. The Morgan fingerprint density at radius 3 is 2.27 bits per heavy atom. The van der Waals surface area contributed by atoms with Gasteiger partial charge in [-0.05, 0) is 18.4 Å². The molecule has 1 atom stereocenters. The highest BCUT2D eigenvalue weighted by molar-refractivity contribution is 5.22. The molecule has 1 aliphatic carbocycles. The SMILES string of the molecule is C[C@@H](c1ccccc1)C1(O)CCCCC1. The molecule has 2 rings (SSSR count). The minimum atomic E-state index is -0.459. The highest BCUT2D eigenvalue weighted by atomic mass is 16.3. The van der Waals surface area contributed by atoms with Crippen LogP contribution in [0.25, 0.3) is 0 Å². The van der Waals surface area contributed by atoms with E-state index in [0.717, 1.165) is 12.8 Å². The van der Waals surface area contributed by atoms with E-state index in [4.69, 9.17) is 0 Å². The Morgan fingerprint density at radius 1 is 1.07 bits per heavy atom. The first-order valence-electron chi connectivity index (χ1n) is 6.00. The summed E-state index contributed by atoms with van der Waals surface area (Å²) in [4.78, 5) is 0. The molecule has 0 aromatic heterocycles. The first-order valence-corrected chi connectivity index (χ1v) is 6.00. The lowest BCUT2D eigenvalue weighted by atomic mass is 9.74. The second kappa shape index (κ2) is 4.36. The van der Waals surface area contributed by atoms with E-state index >= 15 is 0 Å². The zero-order chi connectivity index (χ0) is 10.7. The number of aliphatic hydroxyl groups is 1. The van der Waals surface area contributed by atoms with Crippen LogP contribution in [0.15, 0.2) is 30.3 Å². The summed E-state index contributed by atoms with van der Waals surface area (Å²) in [6, 6.07) is 10.4. The van der Waals surface area contributed by atoms with Gasteiger partial charge in [0, 0.05) is 5.92 Å². The summed E-state index contributed by atoms with van der Waals surface area (Å²) in [7, 11) is 0. The smallest absolute Gasteiger partial charge is 0.0713 e. The van der Waals surface area contributed by atoms with Gasteiger partial charge in [0.15, 0.2) is 0 Å². The maximum absolute atomic E-state index is 10.6. The van der Waals surface area contributed by atoms with Crippen molar-refractivity contribution >= 4 is 0 Å². The molecule has 0 unspecified atom stereocenters. The molecule has 0 heterocycles. The summed E-state index contributed by atoms with van der Waals surface area (Å²) in [6.45, 7) is 2.15. The Balaban J connectivity index is 2.16. The average Bonchev–Trinajstić information content (AvgIpc) is 2.30. The maximum atomic E-state index is 10.6. The normalized spacial score (nSPS) is 22.3. The zero-order valence-electron chi connectivity index (χ0n) is 9.45. The Kier molecular flexibility index (Phi) is 3.11. The molecular weight excluding hydrogens is 184 g/mol. The molecule has 0 bridgehead atoms. The van der Waals surface area contributed by atoms with Gasteiger partial charge < -0.3 is 5.11 Å². The fourth-order valence-corrected chi connectivity index (χ4v) is 2.65. The van der Waals surface area contributed by atoms with Crippen LogP contribution in [0.1, 0.15) is 50.5 Å². The van der Waals surface area contributed by atoms with Gasteiger partial charge in [-0.15, -0.1) is 0 Å². The number of benzene rings is 1. The summed E-state index contributed by atoms with van der Waals surface area (Å²) >= 11 is 0. The number of hydrogen-bond donors (Lipinski definition) is 1. The molecule has 1 N–H and O–H groups in total. The van der Waals surface area contributed by atoms with Crippen LogP contribution in [0.2, 0.25) is 0 Å². The van der Waals surface area contributed by atoms with Gasteiger partial charge in [-0.25, -0.2) is 0 Å². The molecule has 0 aliphatic heterocycles. The van der Waals surface area contributed by atoms with Gasteiger partial charge in [0.1, 0.15) is 0 Å². The van der Waals surface area contributed by atoms with E-state index in [9.17, 15) is 5.11 Å². The number of rotatable bonds is 2. The molecule has 1 aromatic rings. The van der Waals surface area contributed by atoms with Crippen LogP contribution in [0.5, 0.6) is 0 Å². The van der Waals surface area contributed by atoms with Crippen molar-refractivity contribution in [3.63, 3.8) is 0 Å². The van der Waals surface area contributed by atoms with Crippen molar-refractivity contribution in [2.24, 2.45) is 0 Å². The van der Waals surface area contributed by atoms with Gasteiger partial charge in [-0.3, -0.25) is 0 Å². The second-order valence-electron chi connectivity index (χ2n) is 4.80. The molecule has 1 aliphatic rings. The quantitative estimate of drug-likeness (QED) is 0.782. The summed E-state index contributed by atoms with van der Waals surface area (Å²) in [5, 5.41) is 10.6. The van der Waals surface area contributed by atoms with Crippen LogP contribution >= 0.6 is 0 Å². The molecule has 15 heavy (non-hydrogen) atoms. The predicted octanol–water partition coefficient (Wildman–Crippen LogP) is 3.49. The molecule has 1 heteroatoms. The molecule has 1 nitrogen and oxygen atoms in total. The van der Waals surface area contributed by atoms with E-state index in [1.807, 2.05) is 6.07 Å². The molecule has 0 spiro atoms. The molecule has 0 radical (unpaired) electrons. The first kappa shape index (κ1) is 10.7. The second-order valence-corrected chi connectivity index (χ2v) is 4.80. The van der Waals surface area contributed by atoms with Crippen LogP contribution in [0, 0.1) is 0 Å². The van der Waals surface area contributed by atoms with Crippen molar-refractivity contribution in [2.75, 3.05) is 0 Å². The van der Waals surface area contributed by atoms with Gasteiger partial charge in [-0.2, -0.15) is 0 Å². The van der Waals surface area contributed by atoms with E-state index in [2.05, 4.69) is 31.2 Å². The van der Waals surface area contributed by atoms with Crippen molar-refractivity contribution in [1.29, 1.82) is 0 Å². The maximum Gasteiger partial charge on any atom is 0.0713 e. The molecule has 82 valence electrons. The van der Waals surface area contributed by atoms with Crippen molar-refractivity contribution in [3.05, 3.63) is 35.9 Å². The monoisotopic (exact) mass is 204 g/mol. The highest BCUT2D eigenvalue weighted by Gasteiger charge is 2.35. The van der Waals surface area contributed by atoms with E-state index in [1.54, 1.807) is 0 Å². The van der Waals surface area contributed by atoms with Gasteiger partial charge in [0.2, 0.25) is 0 Å². The Bertz CT molecular complexity index is 298. The fraction of sp³-hybridized carbons (Fsp3) is 0.571. The molecule has 0 saturated heterocycles. The lowest BCUT2D eigenvalue weighted by molar-refractivity contribution is -0.0168. The Morgan fingerprint density at radius 2 is 1.67 bits per heavy atom. The van der Waals surface area contributed by atoms with Crippen LogP contribution in [-0.2, 0) is 0 Å². The van der Waals surface area contributed by atoms with Crippen LogP contribution < -0.4 is 0 Å². The van der Waals surface area contributed by atoms with Crippen LogP contribution in [-0.4, -0.2) is 10.7 Å². The van der Waals surface area contributed by atoms with E-state index in [1.165, 1.54) is 24.8 Å². The minimum Gasteiger partial charge on any atom is -0.389 e. The van der Waals surface area contributed by atoms with Crippen molar-refractivity contribution in [3.8, 4) is 0 Å². The lowest BCUT2D eigenvalue weighted by Gasteiger charge is -2.37. The summed E-state index contributed by atoms with van der Waals surface area (Å²) < 4.78 is 0.